The average Bonchev–Trinajstić information content (AvgIpc) is 2.19. The van der Waals surface area contributed by atoms with Gasteiger partial charge in [0.15, 0.2) is 0 Å². The molecule has 5 nitrogen and oxygen atoms in total. The second-order valence-electron chi connectivity index (χ2n) is 3.04. The number of rotatable bonds is 2. The Labute approximate surface area is 82.7 Å². The summed E-state index contributed by atoms with van der Waals surface area (Å²) in [5.74, 6) is -0.670. The van der Waals surface area contributed by atoms with E-state index in [2.05, 4.69) is 0 Å². The van der Waals surface area contributed by atoms with Gasteiger partial charge in [-0.2, -0.15) is 5.26 Å². The molecule has 0 aromatic carbocycles. The number of nitrogens with zero attached hydrogens (tertiary/aromatic N) is 2. The quantitative estimate of drug-likeness (QED) is 0.480. The first-order valence-corrected chi connectivity index (χ1v) is 4.40. The highest BCUT2D eigenvalue weighted by Gasteiger charge is 2.16. The Balaban J connectivity index is 2.83. The van der Waals surface area contributed by atoms with Gasteiger partial charge in [-0.1, -0.05) is 0 Å². The highest BCUT2D eigenvalue weighted by molar-refractivity contribution is 5.96. The van der Waals surface area contributed by atoms with Gasteiger partial charge in [0.25, 0.3) is 5.91 Å². The smallest absolute Gasteiger partial charge is 0.261 e. The number of morpholine rings is 1. The van der Waals surface area contributed by atoms with Crippen LogP contribution in [0.25, 0.3) is 0 Å². The van der Waals surface area contributed by atoms with Gasteiger partial charge in [0.05, 0.1) is 13.2 Å². The summed E-state index contributed by atoms with van der Waals surface area (Å²) in [6.07, 6.45) is 0. The third kappa shape index (κ3) is 2.24. The molecule has 0 aromatic rings. The summed E-state index contributed by atoms with van der Waals surface area (Å²) in [5.41, 5.74) is 5.75. The van der Waals surface area contributed by atoms with Crippen molar-refractivity contribution in [1.82, 2.24) is 4.90 Å². The van der Waals surface area contributed by atoms with Crippen molar-refractivity contribution in [3.05, 3.63) is 11.3 Å². The monoisotopic (exact) mass is 195 g/mol. The number of carbonyl (C=O) groups is 1. The van der Waals surface area contributed by atoms with Crippen molar-refractivity contribution >= 4 is 5.91 Å². The van der Waals surface area contributed by atoms with Crippen LogP contribution >= 0.6 is 0 Å². The number of ether oxygens (including phenoxy) is 1. The Kier molecular flexibility index (Phi) is 3.48. The van der Waals surface area contributed by atoms with Gasteiger partial charge in [-0.15, -0.1) is 0 Å². The van der Waals surface area contributed by atoms with Crippen LogP contribution in [-0.4, -0.2) is 37.1 Å². The van der Waals surface area contributed by atoms with E-state index in [0.717, 1.165) is 0 Å². The van der Waals surface area contributed by atoms with Crippen LogP contribution in [0.4, 0.5) is 0 Å². The maximum Gasteiger partial charge on any atom is 0.261 e. The molecule has 1 heterocycles. The Bertz CT molecular complexity index is 298. The van der Waals surface area contributed by atoms with Gasteiger partial charge in [0, 0.05) is 18.8 Å². The van der Waals surface area contributed by atoms with Crippen LogP contribution in [0.3, 0.4) is 0 Å². The molecule has 0 unspecified atom stereocenters. The molecule has 1 fully saturated rings. The van der Waals surface area contributed by atoms with Gasteiger partial charge in [-0.05, 0) is 6.92 Å². The van der Waals surface area contributed by atoms with Crippen LogP contribution in [0.2, 0.25) is 0 Å². The van der Waals surface area contributed by atoms with Crippen LogP contribution in [0, 0.1) is 11.3 Å². The van der Waals surface area contributed by atoms with Gasteiger partial charge >= 0.3 is 0 Å². The molecular weight excluding hydrogens is 182 g/mol. The lowest BCUT2D eigenvalue weighted by Gasteiger charge is -2.29. The summed E-state index contributed by atoms with van der Waals surface area (Å²) in [4.78, 5) is 12.8. The number of primary amides is 1. The highest BCUT2D eigenvalue weighted by Crippen LogP contribution is 2.11. The van der Waals surface area contributed by atoms with Gasteiger partial charge in [0.2, 0.25) is 0 Å². The Morgan fingerprint density at radius 2 is 2.07 bits per heavy atom. The first-order valence-electron chi connectivity index (χ1n) is 4.40. The normalized spacial score (nSPS) is 18.4. The molecule has 1 aliphatic heterocycles. The van der Waals surface area contributed by atoms with E-state index in [1.807, 2.05) is 11.0 Å². The topological polar surface area (TPSA) is 79.3 Å². The molecule has 1 saturated heterocycles. The summed E-state index contributed by atoms with van der Waals surface area (Å²) < 4.78 is 5.16. The maximum absolute atomic E-state index is 10.9. The van der Waals surface area contributed by atoms with E-state index in [9.17, 15) is 4.79 Å². The van der Waals surface area contributed by atoms with E-state index in [1.165, 1.54) is 0 Å². The minimum absolute atomic E-state index is 0.0342. The summed E-state index contributed by atoms with van der Waals surface area (Å²) in [7, 11) is 0. The average molecular weight is 195 g/mol. The number of carbonyl (C=O) groups excluding carboxylic acids is 1. The molecule has 0 aliphatic carbocycles. The van der Waals surface area contributed by atoms with Crippen LogP contribution in [0.5, 0.6) is 0 Å². The van der Waals surface area contributed by atoms with Crippen molar-refractivity contribution in [3.63, 3.8) is 0 Å². The van der Waals surface area contributed by atoms with E-state index in [1.54, 1.807) is 6.92 Å². The summed E-state index contributed by atoms with van der Waals surface area (Å²) in [6, 6.07) is 1.82. The zero-order valence-corrected chi connectivity index (χ0v) is 8.12. The number of nitriles is 1. The van der Waals surface area contributed by atoms with Crippen molar-refractivity contribution in [3.8, 4) is 6.07 Å². The Morgan fingerprint density at radius 3 is 2.50 bits per heavy atom. The fraction of sp³-hybridized carbons (Fsp3) is 0.556. The molecule has 1 aliphatic rings. The number of hydrogen-bond acceptors (Lipinski definition) is 4. The van der Waals surface area contributed by atoms with E-state index >= 15 is 0 Å². The second-order valence-corrected chi connectivity index (χ2v) is 3.04. The molecule has 2 N–H and O–H groups in total. The first-order chi connectivity index (χ1) is 6.66. The van der Waals surface area contributed by atoms with E-state index in [-0.39, 0.29) is 5.57 Å². The van der Waals surface area contributed by atoms with Crippen LogP contribution < -0.4 is 5.73 Å². The van der Waals surface area contributed by atoms with Gasteiger partial charge in [-0.25, -0.2) is 0 Å². The minimum atomic E-state index is -0.670. The third-order valence-corrected chi connectivity index (χ3v) is 2.21. The second kappa shape index (κ2) is 4.63. The lowest BCUT2D eigenvalue weighted by Crippen LogP contribution is -2.36. The summed E-state index contributed by atoms with van der Waals surface area (Å²) >= 11 is 0. The predicted molar refractivity (Wildman–Crippen MR) is 49.9 cm³/mol. The zero-order chi connectivity index (χ0) is 10.6. The third-order valence-electron chi connectivity index (χ3n) is 2.21. The van der Waals surface area contributed by atoms with Crippen molar-refractivity contribution in [2.24, 2.45) is 5.73 Å². The predicted octanol–water partition coefficient (Wildman–Crippen LogP) is -0.399. The van der Waals surface area contributed by atoms with Gasteiger partial charge < -0.3 is 15.4 Å². The molecule has 1 rings (SSSR count). The van der Waals surface area contributed by atoms with Crippen molar-refractivity contribution in [1.29, 1.82) is 5.26 Å². The van der Waals surface area contributed by atoms with Gasteiger partial charge in [-0.3, -0.25) is 4.79 Å². The van der Waals surface area contributed by atoms with Gasteiger partial charge in [0.1, 0.15) is 11.6 Å². The number of amides is 1. The molecule has 0 bridgehead atoms. The molecule has 5 heteroatoms. The van der Waals surface area contributed by atoms with Crippen LogP contribution in [0.15, 0.2) is 11.3 Å². The fourth-order valence-corrected chi connectivity index (χ4v) is 1.37. The molecule has 0 radical (unpaired) electrons. The number of allylic oxidation sites excluding steroid dienone is 1. The largest absolute Gasteiger partial charge is 0.378 e. The molecule has 0 aromatic heterocycles. The Morgan fingerprint density at radius 1 is 1.50 bits per heavy atom. The van der Waals surface area contributed by atoms with Crippen LogP contribution in [-0.2, 0) is 9.53 Å². The van der Waals surface area contributed by atoms with E-state index in [4.69, 9.17) is 15.7 Å². The molecule has 0 spiro atoms. The molecular formula is C9H13N3O2. The van der Waals surface area contributed by atoms with Crippen molar-refractivity contribution in [2.45, 2.75) is 6.92 Å². The van der Waals surface area contributed by atoms with E-state index < -0.39 is 5.91 Å². The van der Waals surface area contributed by atoms with Crippen LogP contribution in [0.1, 0.15) is 6.92 Å². The zero-order valence-electron chi connectivity index (χ0n) is 8.12. The van der Waals surface area contributed by atoms with E-state index in [0.29, 0.717) is 32.0 Å². The maximum atomic E-state index is 10.9. The molecule has 0 saturated carbocycles. The lowest BCUT2D eigenvalue weighted by atomic mass is 10.2. The molecule has 14 heavy (non-hydrogen) atoms. The van der Waals surface area contributed by atoms with Crippen molar-refractivity contribution < 1.29 is 9.53 Å². The summed E-state index contributed by atoms with van der Waals surface area (Å²) in [5, 5.41) is 8.73. The number of hydrogen-bond donors (Lipinski definition) is 1. The SMILES string of the molecule is C/C(=C(\C#N)C(N)=O)N1CCOCC1. The van der Waals surface area contributed by atoms with Crippen molar-refractivity contribution in [2.75, 3.05) is 26.3 Å². The molecule has 76 valence electrons. The minimum Gasteiger partial charge on any atom is -0.378 e. The lowest BCUT2D eigenvalue weighted by molar-refractivity contribution is -0.114. The molecule has 0 atom stereocenters. The highest BCUT2D eigenvalue weighted by atomic mass is 16.5. The standard InChI is InChI=1S/C9H13N3O2/c1-7(8(6-10)9(11)13)12-2-4-14-5-3-12/h2-5H2,1H3,(H2,11,13)/b8-7-. The Hall–Kier alpha value is -1.54. The fourth-order valence-electron chi connectivity index (χ4n) is 1.37. The molecule has 1 amide bonds. The summed E-state index contributed by atoms with van der Waals surface area (Å²) in [6.45, 7) is 4.37. The number of nitrogens with two attached hydrogens (primary N) is 1. The first kappa shape index (κ1) is 10.5.